The van der Waals surface area contributed by atoms with Gasteiger partial charge in [0.15, 0.2) is 0 Å². The number of hydrogen-bond acceptors (Lipinski definition) is 4. The van der Waals surface area contributed by atoms with E-state index in [-0.39, 0.29) is 6.61 Å². The average molecular weight is 343 g/mol. The lowest BCUT2D eigenvalue weighted by atomic mass is 10.1. The van der Waals surface area contributed by atoms with E-state index in [1.807, 2.05) is 17.4 Å². The quantitative estimate of drug-likeness (QED) is 0.836. The predicted molar refractivity (Wildman–Crippen MR) is 102 cm³/mol. The van der Waals surface area contributed by atoms with Crippen LogP contribution in [0.15, 0.2) is 53.9 Å². The number of benzene rings is 1. The van der Waals surface area contributed by atoms with Crippen LogP contribution in [-0.4, -0.2) is 53.7 Å². The Kier molecular flexibility index (Phi) is 6.61. The van der Waals surface area contributed by atoms with Crippen LogP contribution in [0.2, 0.25) is 0 Å². The number of hydrogen-bond donors (Lipinski definition) is 1. The number of aliphatic hydroxyl groups excluding tert-OH is 1. The summed E-state index contributed by atoms with van der Waals surface area (Å²) in [6, 6.07) is 15.2. The lowest BCUT2D eigenvalue weighted by Crippen LogP contribution is -2.52. The van der Waals surface area contributed by atoms with Crippen molar-refractivity contribution in [3.63, 3.8) is 0 Å². The molecule has 1 saturated heterocycles. The van der Waals surface area contributed by atoms with Crippen molar-refractivity contribution in [2.24, 2.45) is 0 Å². The number of nitrogens with zero attached hydrogens (tertiary/aromatic N) is 2. The predicted octanol–water partition coefficient (Wildman–Crippen LogP) is 3.33. The maximum absolute atomic E-state index is 9.42. The normalized spacial score (nSPS) is 20.0. The summed E-state index contributed by atoms with van der Waals surface area (Å²) in [5.41, 5.74) is 1.25. The SMILES string of the molecule is OCCC1CN(C/C=C/c2ccccc2)CCN1Cc1cccs1. The van der Waals surface area contributed by atoms with Crippen molar-refractivity contribution in [3.8, 4) is 0 Å². The molecule has 2 heterocycles. The molecular formula is C20H26N2OS. The summed E-state index contributed by atoms with van der Waals surface area (Å²) in [4.78, 5) is 6.43. The number of piperazine rings is 1. The summed E-state index contributed by atoms with van der Waals surface area (Å²) in [7, 11) is 0. The van der Waals surface area contributed by atoms with E-state index in [0.29, 0.717) is 6.04 Å². The van der Waals surface area contributed by atoms with Crippen LogP contribution in [0.5, 0.6) is 0 Å². The van der Waals surface area contributed by atoms with Crippen LogP contribution in [0.3, 0.4) is 0 Å². The van der Waals surface area contributed by atoms with Gasteiger partial charge in [-0.2, -0.15) is 0 Å². The van der Waals surface area contributed by atoms with Crippen molar-refractivity contribution < 1.29 is 5.11 Å². The molecule has 1 atom stereocenters. The Morgan fingerprint density at radius 1 is 1.12 bits per heavy atom. The van der Waals surface area contributed by atoms with Crippen LogP contribution >= 0.6 is 11.3 Å². The van der Waals surface area contributed by atoms with E-state index in [1.165, 1.54) is 10.4 Å². The van der Waals surface area contributed by atoms with Crippen molar-refractivity contribution in [1.29, 1.82) is 0 Å². The minimum absolute atomic E-state index is 0.263. The molecule has 0 radical (unpaired) electrons. The molecule has 128 valence electrons. The molecule has 1 N–H and O–H groups in total. The standard InChI is InChI=1S/C20H26N2OS/c23-14-10-19-16-21(11-4-8-18-6-2-1-3-7-18)12-13-22(19)17-20-9-5-15-24-20/h1-9,15,19,23H,10-14,16-17H2/b8-4+. The first kappa shape index (κ1) is 17.4. The molecule has 1 aliphatic rings. The maximum atomic E-state index is 9.42. The van der Waals surface area contributed by atoms with E-state index in [0.717, 1.165) is 39.1 Å². The van der Waals surface area contributed by atoms with Crippen LogP contribution in [0.4, 0.5) is 0 Å². The monoisotopic (exact) mass is 342 g/mol. The highest BCUT2D eigenvalue weighted by atomic mass is 32.1. The molecule has 1 aromatic carbocycles. The highest BCUT2D eigenvalue weighted by molar-refractivity contribution is 7.09. The Morgan fingerprint density at radius 3 is 2.75 bits per heavy atom. The first-order chi connectivity index (χ1) is 11.8. The molecule has 0 amide bonds. The van der Waals surface area contributed by atoms with Crippen LogP contribution in [0, 0.1) is 0 Å². The van der Waals surface area contributed by atoms with Crippen LogP contribution < -0.4 is 0 Å². The Hall–Kier alpha value is -1.46. The molecule has 1 aliphatic heterocycles. The Balaban J connectivity index is 1.53. The topological polar surface area (TPSA) is 26.7 Å². The summed E-state index contributed by atoms with van der Waals surface area (Å²) >= 11 is 1.82. The highest BCUT2D eigenvalue weighted by Gasteiger charge is 2.26. The third-order valence-electron chi connectivity index (χ3n) is 4.56. The molecule has 3 nitrogen and oxygen atoms in total. The van der Waals surface area contributed by atoms with Crippen LogP contribution in [0.1, 0.15) is 16.9 Å². The van der Waals surface area contributed by atoms with Crippen molar-refractivity contribution in [2.75, 3.05) is 32.8 Å². The maximum Gasteiger partial charge on any atom is 0.0446 e. The van der Waals surface area contributed by atoms with E-state index < -0.39 is 0 Å². The zero-order valence-electron chi connectivity index (χ0n) is 14.1. The Morgan fingerprint density at radius 2 is 2.00 bits per heavy atom. The fourth-order valence-corrected chi connectivity index (χ4v) is 3.99. The summed E-state index contributed by atoms with van der Waals surface area (Å²) in [5.74, 6) is 0. The van der Waals surface area contributed by atoms with Gasteiger partial charge in [-0.25, -0.2) is 0 Å². The summed E-state index contributed by atoms with van der Waals surface area (Å²) < 4.78 is 0. The number of thiophene rings is 1. The van der Waals surface area contributed by atoms with Gasteiger partial charge in [-0.1, -0.05) is 48.6 Å². The molecule has 1 unspecified atom stereocenters. The number of rotatable bonds is 7. The van der Waals surface area contributed by atoms with Gasteiger partial charge >= 0.3 is 0 Å². The fraction of sp³-hybridized carbons (Fsp3) is 0.400. The highest BCUT2D eigenvalue weighted by Crippen LogP contribution is 2.19. The summed E-state index contributed by atoms with van der Waals surface area (Å²) in [6.45, 7) is 5.44. The second-order valence-corrected chi connectivity index (χ2v) is 7.32. The molecule has 24 heavy (non-hydrogen) atoms. The van der Waals surface area contributed by atoms with Gasteiger partial charge in [-0.15, -0.1) is 11.3 Å². The molecule has 0 spiro atoms. The summed E-state index contributed by atoms with van der Waals surface area (Å²) in [6.07, 6.45) is 5.30. The van der Waals surface area contributed by atoms with Gasteiger partial charge in [0, 0.05) is 50.2 Å². The fourth-order valence-electron chi connectivity index (χ4n) is 3.26. The van der Waals surface area contributed by atoms with Crippen LogP contribution in [0.25, 0.3) is 6.08 Å². The second-order valence-electron chi connectivity index (χ2n) is 6.29. The van der Waals surface area contributed by atoms with Gasteiger partial charge < -0.3 is 5.11 Å². The zero-order chi connectivity index (χ0) is 16.6. The van der Waals surface area contributed by atoms with E-state index in [4.69, 9.17) is 0 Å². The van der Waals surface area contributed by atoms with E-state index >= 15 is 0 Å². The third-order valence-corrected chi connectivity index (χ3v) is 5.42. The van der Waals surface area contributed by atoms with Crippen LogP contribution in [-0.2, 0) is 6.54 Å². The largest absolute Gasteiger partial charge is 0.396 e. The third kappa shape index (κ3) is 5.02. The molecule has 2 aromatic rings. The van der Waals surface area contributed by atoms with E-state index in [1.54, 1.807) is 0 Å². The Labute approximate surface area is 148 Å². The second kappa shape index (κ2) is 9.14. The number of aliphatic hydroxyl groups is 1. The lowest BCUT2D eigenvalue weighted by molar-refractivity contribution is 0.0604. The van der Waals surface area contributed by atoms with E-state index in [9.17, 15) is 5.11 Å². The Bertz CT molecular complexity index is 612. The first-order valence-electron chi connectivity index (χ1n) is 8.66. The summed E-state index contributed by atoms with van der Waals surface area (Å²) in [5, 5.41) is 11.6. The molecule has 4 heteroatoms. The average Bonchev–Trinajstić information content (AvgIpc) is 3.11. The van der Waals surface area contributed by atoms with Gasteiger partial charge in [-0.3, -0.25) is 9.80 Å². The van der Waals surface area contributed by atoms with Gasteiger partial charge in [-0.05, 0) is 23.4 Å². The first-order valence-corrected chi connectivity index (χ1v) is 9.54. The molecule has 0 aliphatic carbocycles. The molecule has 3 rings (SSSR count). The molecular weight excluding hydrogens is 316 g/mol. The molecule has 1 aromatic heterocycles. The molecule has 0 saturated carbocycles. The smallest absolute Gasteiger partial charge is 0.0446 e. The van der Waals surface area contributed by atoms with Gasteiger partial charge in [0.2, 0.25) is 0 Å². The minimum Gasteiger partial charge on any atom is -0.396 e. The van der Waals surface area contributed by atoms with Gasteiger partial charge in [0.25, 0.3) is 0 Å². The van der Waals surface area contributed by atoms with Gasteiger partial charge in [0.05, 0.1) is 0 Å². The molecule has 1 fully saturated rings. The van der Waals surface area contributed by atoms with Crippen molar-refractivity contribution in [3.05, 3.63) is 64.4 Å². The van der Waals surface area contributed by atoms with Crippen molar-refractivity contribution in [1.82, 2.24) is 9.80 Å². The molecule has 0 bridgehead atoms. The minimum atomic E-state index is 0.263. The van der Waals surface area contributed by atoms with Crippen molar-refractivity contribution >= 4 is 17.4 Å². The van der Waals surface area contributed by atoms with E-state index in [2.05, 4.69) is 63.7 Å². The lowest BCUT2D eigenvalue weighted by Gasteiger charge is -2.41. The van der Waals surface area contributed by atoms with Crippen molar-refractivity contribution in [2.45, 2.75) is 19.0 Å². The zero-order valence-corrected chi connectivity index (χ0v) is 14.9. The van der Waals surface area contributed by atoms with Gasteiger partial charge in [0.1, 0.15) is 0 Å².